The van der Waals surface area contributed by atoms with E-state index < -0.39 is 0 Å². The van der Waals surface area contributed by atoms with Crippen molar-refractivity contribution in [3.05, 3.63) is 78.1 Å². The largest absolute Gasteiger partial charge is 0.377 e. The molecule has 6 rings (SSSR count). The molecule has 7 nitrogen and oxygen atoms in total. The average Bonchev–Trinajstić information content (AvgIpc) is 3.51. The van der Waals surface area contributed by atoms with Crippen molar-refractivity contribution >= 4 is 22.5 Å². The second-order valence-corrected chi connectivity index (χ2v) is 10.9. The van der Waals surface area contributed by atoms with Crippen LogP contribution in [0.5, 0.6) is 0 Å². The number of fused-ring (bicyclic) bond motifs is 3. The predicted octanol–water partition coefficient (Wildman–Crippen LogP) is 6.29. The SMILES string of the molecule is CCCC(CC)C(NC(=O)c1ccc2[nH]nc(-c3ccc(N4C5CCC4COC5)cc3)c2c1)c1ccccn1. The van der Waals surface area contributed by atoms with Crippen LogP contribution in [0.3, 0.4) is 0 Å². The first-order valence-corrected chi connectivity index (χ1v) is 14.3. The molecule has 39 heavy (non-hydrogen) atoms. The number of benzene rings is 2. The lowest BCUT2D eigenvalue weighted by atomic mass is 9.89. The quantitative estimate of drug-likeness (QED) is 0.269. The molecule has 4 atom stereocenters. The van der Waals surface area contributed by atoms with Crippen molar-refractivity contribution in [1.29, 1.82) is 0 Å². The molecule has 2 aromatic carbocycles. The van der Waals surface area contributed by atoms with E-state index in [4.69, 9.17) is 4.74 Å². The van der Waals surface area contributed by atoms with Crippen molar-refractivity contribution in [3.63, 3.8) is 0 Å². The van der Waals surface area contributed by atoms with Crippen LogP contribution in [-0.2, 0) is 4.74 Å². The fourth-order valence-corrected chi connectivity index (χ4v) is 6.41. The smallest absolute Gasteiger partial charge is 0.251 e. The third-order valence-electron chi connectivity index (χ3n) is 8.45. The van der Waals surface area contributed by atoms with Crippen molar-refractivity contribution in [2.24, 2.45) is 5.92 Å². The highest BCUT2D eigenvalue weighted by Crippen LogP contribution is 2.36. The van der Waals surface area contributed by atoms with Crippen LogP contribution in [0.25, 0.3) is 22.2 Å². The minimum Gasteiger partial charge on any atom is -0.377 e. The fourth-order valence-electron chi connectivity index (χ4n) is 6.41. The van der Waals surface area contributed by atoms with Gasteiger partial charge in [-0.3, -0.25) is 14.9 Å². The van der Waals surface area contributed by atoms with Gasteiger partial charge in [0.25, 0.3) is 5.91 Å². The summed E-state index contributed by atoms with van der Waals surface area (Å²) < 4.78 is 5.76. The Bertz CT molecular complexity index is 1400. The molecule has 2 aliphatic rings. The molecule has 202 valence electrons. The molecule has 0 saturated carbocycles. The van der Waals surface area contributed by atoms with Crippen LogP contribution in [0, 0.1) is 5.92 Å². The van der Waals surface area contributed by atoms with Crippen molar-refractivity contribution in [2.45, 2.75) is 64.1 Å². The van der Waals surface area contributed by atoms with Crippen LogP contribution >= 0.6 is 0 Å². The lowest BCUT2D eigenvalue weighted by molar-refractivity contribution is 0.0906. The molecule has 4 heterocycles. The predicted molar refractivity (Wildman–Crippen MR) is 155 cm³/mol. The van der Waals surface area contributed by atoms with Gasteiger partial charge in [-0.1, -0.05) is 44.9 Å². The zero-order valence-electron chi connectivity index (χ0n) is 22.8. The summed E-state index contributed by atoms with van der Waals surface area (Å²) in [5, 5.41) is 12.0. The molecular formula is C32H37N5O2. The van der Waals surface area contributed by atoms with Gasteiger partial charge in [-0.15, -0.1) is 0 Å². The summed E-state index contributed by atoms with van der Waals surface area (Å²) in [6, 6.07) is 21.1. The number of carbonyl (C=O) groups is 1. The number of pyridine rings is 1. The molecule has 4 aromatic rings. The van der Waals surface area contributed by atoms with E-state index in [1.807, 2.05) is 36.4 Å². The molecule has 2 N–H and O–H groups in total. The number of aromatic nitrogens is 3. The highest BCUT2D eigenvalue weighted by Gasteiger charge is 2.37. The van der Waals surface area contributed by atoms with Gasteiger partial charge >= 0.3 is 0 Å². The van der Waals surface area contributed by atoms with Crippen LogP contribution in [0.2, 0.25) is 0 Å². The van der Waals surface area contributed by atoms with Crippen LogP contribution in [-0.4, -0.2) is 46.4 Å². The van der Waals surface area contributed by atoms with Gasteiger partial charge in [0.1, 0.15) is 0 Å². The van der Waals surface area contributed by atoms with Crippen LogP contribution in [0.4, 0.5) is 5.69 Å². The van der Waals surface area contributed by atoms with Gasteiger partial charge in [0, 0.05) is 28.4 Å². The monoisotopic (exact) mass is 523 g/mol. The topological polar surface area (TPSA) is 83.1 Å². The summed E-state index contributed by atoms with van der Waals surface area (Å²) in [5.41, 5.74) is 5.57. The van der Waals surface area contributed by atoms with E-state index in [2.05, 4.69) is 63.5 Å². The van der Waals surface area contributed by atoms with E-state index in [-0.39, 0.29) is 11.9 Å². The maximum absolute atomic E-state index is 13.6. The van der Waals surface area contributed by atoms with Crippen LogP contribution in [0.1, 0.15) is 68.0 Å². The highest BCUT2D eigenvalue weighted by atomic mass is 16.5. The van der Waals surface area contributed by atoms with Crippen molar-refractivity contribution in [2.75, 3.05) is 18.1 Å². The third kappa shape index (κ3) is 5.03. The van der Waals surface area contributed by atoms with E-state index in [1.54, 1.807) is 6.20 Å². The van der Waals surface area contributed by atoms with Crippen molar-refractivity contribution in [1.82, 2.24) is 20.5 Å². The molecule has 0 aliphatic carbocycles. The van der Waals surface area contributed by atoms with Gasteiger partial charge < -0.3 is 15.0 Å². The number of H-pyrrole nitrogens is 1. The van der Waals surface area contributed by atoms with E-state index in [0.29, 0.717) is 23.6 Å². The number of ether oxygens (including phenoxy) is 1. The Labute approximate surface area is 230 Å². The lowest BCUT2D eigenvalue weighted by Crippen LogP contribution is -2.45. The number of anilines is 1. The number of amides is 1. The zero-order valence-corrected chi connectivity index (χ0v) is 22.8. The van der Waals surface area contributed by atoms with Gasteiger partial charge in [0.05, 0.1) is 48.2 Å². The molecule has 2 bridgehead atoms. The molecule has 2 fully saturated rings. The van der Waals surface area contributed by atoms with Crippen LogP contribution < -0.4 is 10.2 Å². The number of hydrogen-bond donors (Lipinski definition) is 2. The Kier molecular flexibility index (Phi) is 7.33. The number of nitrogens with one attached hydrogen (secondary N) is 2. The molecule has 7 heteroatoms. The summed E-state index contributed by atoms with van der Waals surface area (Å²) in [7, 11) is 0. The van der Waals surface area contributed by atoms with Gasteiger partial charge in [0.15, 0.2) is 0 Å². The molecule has 0 radical (unpaired) electrons. The molecule has 1 amide bonds. The number of carbonyl (C=O) groups excluding carboxylic acids is 1. The Hall–Kier alpha value is -3.71. The Morgan fingerprint density at radius 2 is 1.87 bits per heavy atom. The Morgan fingerprint density at radius 3 is 2.56 bits per heavy atom. The summed E-state index contributed by atoms with van der Waals surface area (Å²) in [4.78, 5) is 20.7. The highest BCUT2D eigenvalue weighted by molar-refractivity contribution is 6.01. The number of aromatic amines is 1. The molecular weight excluding hydrogens is 486 g/mol. The van der Waals surface area contributed by atoms with Gasteiger partial charge in [-0.2, -0.15) is 5.10 Å². The Morgan fingerprint density at radius 1 is 1.08 bits per heavy atom. The summed E-state index contributed by atoms with van der Waals surface area (Å²) in [5.74, 6) is 0.231. The molecule has 2 saturated heterocycles. The third-order valence-corrected chi connectivity index (χ3v) is 8.45. The minimum atomic E-state index is -0.133. The summed E-state index contributed by atoms with van der Waals surface area (Å²) >= 11 is 0. The minimum absolute atomic E-state index is 0.0904. The summed E-state index contributed by atoms with van der Waals surface area (Å²) in [6.07, 6.45) is 7.26. The molecule has 4 unspecified atom stereocenters. The Balaban J connectivity index is 1.26. The van der Waals surface area contributed by atoms with E-state index in [0.717, 1.165) is 60.3 Å². The van der Waals surface area contributed by atoms with Gasteiger partial charge in [-0.05, 0) is 67.6 Å². The lowest BCUT2D eigenvalue weighted by Gasteiger charge is -2.36. The second kappa shape index (κ2) is 11.2. The zero-order chi connectivity index (χ0) is 26.8. The number of nitrogens with zero attached hydrogens (tertiary/aromatic N) is 3. The first kappa shape index (κ1) is 25.6. The number of hydrogen-bond acceptors (Lipinski definition) is 5. The first-order valence-electron chi connectivity index (χ1n) is 14.3. The first-order chi connectivity index (χ1) is 19.2. The molecule has 0 spiro atoms. The second-order valence-electron chi connectivity index (χ2n) is 10.9. The standard InChI is InChI=1S/C32H37N5O2/c1-3-7-21(4-2)31(29-8-5-6-17-33-29)34-32(38)23-11-16-28-27(18-23)30(36-35-28)22-9-12-24(13-10-22)37-25-14-15-26(37)20-39-19-25/h5-6,8-13,16-18,21,25-26,31H,3-4,7,14-15,19-20H2,1-2H3,(H,34,38)(H,35,36). The normalized spacial score (nSPS) is 20.2. The molecule has 2 aliphatic heterocycles. The van der Waals surface area contributed by atoms with E-state index >= 15 is 0 Å². The summed E-state index contributed by atoms with van der Waals surface area (Å²) in [6.45, 7) is 5.99. The van der Waals surface area contributed by atoms with E-state index in [9.17, 15) is 4.79 Å². The maximum Gasteiger partial charge on any atom is 0.251 e. The maximum atomic E-state index is 13.6. The number of rotatable bonds is 9. The van der Waals surface area contributed by atoms with Gasteiger partial charge in [0.2, 0.25) is 0 Å². The number of morpholine rings is 1. The van der Waals surface area contributed by atoms with Crippen molar-refractivity contribution < 1.29 is 9.53 Å². The van der Waals surface area contributed by atoms with Crippen LogP contribution in [0.15, 0.2) is 66.9 Å². The van der Waals surface area contributed by atoms with E-state index in [1.165, 1.54) is 18.5 Å². The average molecular weight is 524 g/mol. The fraction of sp³-hybridized carbons (Fsp3) is 0.406. The molecule has 2 aromatic heterocycles. The van der Waals surface area contributed by atoms with Gasteiger partial charge in [-0.25, -0.2) is 0 Å². The van der Waals surface area contributed by atoms with Crippen molar-refractivity contribution in [3.8, 4) is 11.3 Å².